The van der Waals surface area contributed by atoms with Crippen molar-refractivity contribution >= 4 is 12.1 Å². The number of aliphatic imine (C=N–C) groups is 1. The zero-order valence-corrected chi connectivity index (χ0v) is 17.3. The molecular weight excluding hydrogens is 375 g/mol. The molecule has 1 rings (SSSR count). The van der Waals surface area contributed by atoms with Crippen LogP contribution in [-0.4, -0.2) is 74.5 Å². The third-order valence-corrected chi connectivity index (χ3v) is 3.94. The zero-order chi connectivity index (χ0) is 21.2. The number of rotatable bonds is 8. The van der Waals surface area contributed by atoms with Gasteiger partial charge in [-0.2, -0.15) is 13.2 Å². The lowest BCUT2D eigenvalue weighted by molar-refractivity contribution is -0.143. The molecule has 0 aromatic rings. The summed E-state index contributed by atoms with van der Waals surface area (Å²) in [6.07, 6.45) is -3.19. The molecule has 3 N–H and O–H groups in total. The molecule has 0 radical (unpaired) electrons. The van der Waals surface area contributed by atoms with Crippen molar-refractivity contribution in [1.29, 1.82) is 0 Å². The Morgan fingerprint density at radius 1 is 1.18 bits per heavy atom. The Hall–Kier alpha value is -1.71. The van der Waals surface area contributed by atoms with Crippen LogP contribution < -0.4 is 16.0 Å². The van der Waals surface area contributed by atoms with E-state index in [4.69, 9.17) is 4.74 Å². The van der Waals surface area contributed by atoms with Crippen LogP contribution in [-0.2, 0) is 4.74 Å². The first-order chi connectivity index (χ1) is 13.0. The van der Waals surface area contributed by atoms with Gasteiger partial charge in [-0.1, -0.05) is 0 Å². The number of hydrogen-bond donors (Lipinski definition) is 3. The van der Waals surface area contributed by atoms with E-state index in [1.54, 1.807) is 20.8 Å². The highest BCUT2D eigenvalue weighted by atomic mass is 19.4. The van der Waals surface area contributed by atoms with E-state index in [-0.39, 0.29) is 5.92 Å². The first-order valence-corrected chi connectivity index (χ1v) is 9.76. The van der Waals surface area contributed by atoms with Crippen molar-refractivity contribution in [2.45, 2.75) is 52.3 Å². The van der Waals surface area contributed by atoms with Crippen LogP contribution in [0.1, 0.15) is 40.5 Å². The number of alkyl carbamates (subject to hydrolysis) is 1. The van der Waals surface area contributed by atoms with Gasteiger partial charge >= 0.3 is 12.3 Å². The number of nitrogens with zero attached hydrogens (tertiary/aromatic N) is 2. The van der Waals surface area contributed by atoms with Gasteiger partial charge in [0.1, 0.15) is 5.60 Å². The van der Waals surface area contributed by atoms with Crippen molar-refractivity contribution in [3.05, 3.63) is 0 Å². The molecule has 0 spiro atoms. The smallest absolute Gasteiger partial charge is 0.407 e. The number of guanidine groups is 1. The molecule has 1 amide bonds. The van der Waals surface area contributed by atoms with Crippen LogP contribution >= 0.6 is 0 Å². The number of likely N-dealkylation sites (tertiary alicyclic amines) is 1. The normalized spacial score (nSPS) is 18.8. The molecule has 10 heteroatoms. The maximum atomic E-state index is 12.5. The van der Waals surface area contributed by atoms with E-state index in [0.29, 0.717) is 51.6 Å². The summed E-state index contributed by atoms with van der Waals surface area (Å²) in [4.78, 5) is 17.5. The first-order valence-electron chi connectivity index (χ1n) is 9.76. The van der Waals surface area contributed by atoms with Crippen LogP contribution in [0, 0.1) is 5.92 Å². The molecule has 164 valence electrons. The number of carbonyl (C=O) groups is 1. The predicted octanol–water partition coefficient (Wildman–Crippen LogP) is 2.34. The fourth-order valence-electron chi connectivity index (χ4n) is 2.82. The molecule has 0 aliphatic carbocycles. The van der Waals surface area contributed by atoms with Gasteiger partial charge in [0.25, 0.3) is 0 Å². The summed E-state index contributed by atoms with van der Waals surface area (Å²) in [5.41, 5.74) is -0.525. The van der Waals surface area contributed by atoms with E-state index in [1.165, 1.54) is 4.90 Å². The minimum absolute atomic E-state index is 0.131. The van der Waals surface area contributed by atoms with Crippen LogP contribution in [0.2, 0.25) is 0 Å². The Morgan fingerprint density at radius 3 is 2.46 bits per heavy atom. The molecule has 1 unspecified atom stereocenters. The second-order valence-electron chi connectivity index (χ2n) is 7.93. The number of amides is 1. The monoisotopic (exact) mass is 409 g/mol. The molecule has 28 heavy (non-hydrogen) atoms. The molecule has 0 aromatic carbocycles. The van der Waals surface area contributed by atoms with Crippen LogP contribution in [0.25, 0.3) is 0 Å². The largest absolute Gasteiger partial charge is 0.444 e. The van der Waals surface area contributed by atoms with Crippen molar-refractivity contribution in [3.63, 3.8) is 0 Å². The summed E-state index contributed by atoms with van der Waals surface area (Å²) in [6.45, 7) is 9.63. The van der Waals surface area contributed by atoms with Crippen LogP contribution in [0.5, 0.6) is 0 Å². The predicted molar refractivity (Wildman–Crippen MR) is 103 cm³/mol. The lowest BCUT2D eigenvalue weighted by Crippen LogP contribution is -2.39. The van der Waals surface area contributed by atoms with Crippen molar-refractivity contribution in [2.24, 2.45) is 10.9 Å². The van der Waals surface area contributed by atoms with Gasteiger partial charge in [0, 0.05) is 32.7 Å². The van der Waals surface area contributed by atoms with E-state index in [0.717, 1.165) is 6.42 Å². The Morgan fingerprint density at radius 2 is 1.86 bits per heavy atom. The van der Waals surface area contributed by atoms with Gasteiger partial charge in [-0.3, -0.25) is 9.89 Å². The summed E-state index contributed by atoms with van der Waals surface area (Å²) in [7, 11) is 0. The summed E-state index contributed by atoms with van der Waals surface area (Å²) in [5, 5.41) is 8.98. The average molecular weight is 409 g/mol. The molecule has 7 nitrogen and oxygen atoms in total. The van der Waals surface area contributed by atoms with Gasteiger partial charge < -0.3 is 20.7 Å². The number of hydrogen-bond acceptors (Lipinski definition) is 4. The highest BCUT2D eigenvalue weighted by molar-refractivity contribution is 5.79. The second-order valence-corrected chi connectivity index (χ2v) is 7.93. The molecule has 1 fully saturated rings. The van der Waals surface area contributed by atoms with Gasteiger partial charge in [0.15, 0.2) is 5.96 Å². The average Bonchev–Trinajstić information content (AvgIpc) is 2.95. The quantitative estimate of drug-likeness (QED) is 0.326. The molecule has 0 bridgehead atoms. The molecule has 1 heterocycles. The summed E-state index contributed by atoms with van der Waals surface area (Å²) in [6, 6.07) is 0. The molecule has 0 aromatic heterocycles. The first kappa shape index (κ1) is 24.3. The van der Waals surface area contributed by atoms with Crippen molar-refractivity contribution < 1.29 is 22.7 Å². The topological polar surface area (TPSA) is 78.0 Å². The fourth-order valence-corrected chi connectivity index (χ4v) is 2.82. The van der Waals surface area contributed by atoms with Crippen molar-refractivity contribution in [2.75, 3.05) is 45.8 Å². The van der Waals surface area contributed by atoms with Crippen LogP contribution in [0.3, 0.4) is 0 Å². The van der Waals surface area contributed by atoms with E-state index in [9.17, 15) is 18.0 Å². The number of halogens is 3. The Kier molecular flexibility index (Phi) is 9.84. The minimum Gasteiger partial charge on any atom is -0.444 e. The highest BCUT2D eigenvalue weighted by Gasteiger charge is 2.34. The lowest BCUT2D eigenvalue weighted by atomic mass is 10.1. The van der Waals surface area contributed by atoms with Gasteiger partial charge in [0.2, 0.25) is 0 Å². The number of alkyl halides is 3. The standard InChI is InChI=1S/C18H34F3N5O2/c1-5-22-15(23-8-6-9-24-16(27)28-17(2,3)4)25-11-14-7-10-26(12-14)13-18(19,20)21/h14H,5-13H2,1-4H3,(H,24,27)(H2,22,23,25). The molecule has 0 saturated carbocycles. The lowest BCUT2D eigenvalue weighted by Gasteiger charge is -2.19. The van der Waals surface area contributed by atoms with E-state index >= 15 is 0 Å². The van der Waals surface area contributed by atoms with E-state index < -0.39 is 24.4 Å². The molecule has 1 atom stereocenters. The fraction of sp³-hybridized carbons (Fsp3) is 0.889. The zero-order valence-electron chi connectivity index (χ0n) is 17.3. The van der Waals surface area contributed by atoms with Gasteiger partial charge in [-0.15, -0.1) is 0 Å². The summed E-state index contributed by atoms with van der Waals surface area (Å²) in [5.74, 6) is 0.765. The number of carbonyl (C=O) groups excluding carboxylic acids is 1. The molecular formula is C18H34F3N5O2. The SMILES string of the molecule is CCNC(=NCC1CCN(CC(F)(F)F)C1)NCCCNC(=O)OC(C)(C)C. The van der Waals surface area contributed by atoms with Crippen molar-refractivity contribution in [1.82, 2.24) is 20.9 Å². The van der Waals surface area contributed by atoms with Gasteiger partial charge in [0.05, 0.1) is 6.54 Å². The van der Waals surface area contributed by atoms with E-state index in [1.807, 2.05) is 6.92 Å². The second kappa shape index (κ2) is 11.3. The molecule has 1 saturated heterocycles. The van der Waals surface area contributed by atoms with E-state index in [2.05, 4.69) is 20.9 Å². The number of ether oxygens (including phenoxy) is 1. The maximum Gasteiger partial charge on any atom is 0.407 e. The van der Waals surface area contributed by atoms with Crippen molar-refractivity contribution in [3.8, 4) is 0 Å². The van der Waals surface area contributed by atoms with Crippen LogP contribution in [0.4, 0.5) is 18.0 Å². The minimum atomic E-state index is -4.15. The number of nitrogens with one attached hydrogen (secondary N) is 3. The Labute approximate surface area is 165 Å². The third-order valence-electron chi connectivity index (χ3n) is 3.94. The Balaban J connectivity index is 2.28. The summed E-state index contributed by atoms with van der Waals surface area (Å²) >= 11 is 0. The van der Waals surface area contributed by atoms with Gasteiger partial charge in [-0.05, 0) is 53.0 Å². The third kappa shape index (κ3) is 11.9. The van der Waals surface area contributed by atoms with Crippen LogP contribution in [0.15, 0.2) is 4.99 Å². The molecule has 1 aliphatic heterocycles. The van der Waals surface area contributed by atoms with Gasteiger partial charge in [-0.25, -0.2) is 4.79 Å². The Bertz CT molecular complexity index is 506. The highest BCUT2D eigenvalue weighted by Crippen LogP contribution is 2.22. The molecule has 1 aliphatic rings. The maximum absolute atomic E-state index is 12.5. The summed E-state index contributed by atoms with van der Waals surface area (Å²) < 4.78 is 42.5.